The van der Waals surface area contributed by atoms with Crippen molar-refractivity contribution in [3.05, 3.63) is 166 Å². The fourth-order valence-electron chi connectivity index (χ4n) is 10.3. The SMILES string of the molecule is CCCCOc1c2ccccc2c(C)c2c3[n]4c(c12)=NC1=NC(=Nc2c5cc6c[c-]ccc6cc5c([n]2[In]4)NC2N=C(N=3)c3cc4cc[c-]cc4cc32)c2cc3ccc(S(=O)(=O)[O-])cc3cc21.O=S(=O)([O-])O.O=S(=O)=O.O=S(=O)=O.[Na+].[Na+].[Na+].[Na+]. The number of nitrogens with zero attached hydrogens (tertiary/aromatic N) is 7. The number of aromatic nitrogens is 2. The van der Waals surface area contributed by atoms with Crippen molar-refractivity contribution in [3.63, 3.8) is 0 Å². The number of ether oxygens (including phenoxy) is 1. The first-order valence-electron chi connectivity index (χ1n) is 23.9. The van der Waals surface area contributed by atoms with Crippen LogP contribution in [0.3, 0.4) is 0 Å². The smallest absolute Gasteiger partial charge is 0.726 e. The molecule has 31 heteroatoms. The summed E-state index contributed by atoms with van der Waals surface area (Å²) in [5.74, 6) is 3.89. The van der Waals surface area contributed by atoms with E-state index in [1.807, 2.05) is 42.5 Å². The number of amidine groups is 3. The summed E-state index contributed by atoms with van der Waals surface area (Å²) in [6, 6.07) is 44.1. The van der Waals surface area contributed by atoms with Crippen molar-refractivity contribution in [1.29, 1.82) is 0 Å². The van der Waals surface area contributed by atoms with Gasteiger partial charge in [-0.25, -0.2) is 8.42 Å². The maximum atomic E-state index is 12.3. The minimum atomic E-state index is -4.92. The number of benzene rings is 8. The van der Waals surface area contributed by atoms with E-state index in [2.05, 4.69) is 91.0 Å². The van der Waals surface area contributed by atoms with Crippen LogP contribution >= 0.6 is 0 Å². The van der Waals surface area contributed by atoms with E-state index >= 15 is 0 Å². The molecule has 10 aromatic rings. The fraction of sp³-hybridized carbons (Fsp3) is 0.113. The summed E-state index contributed by atoms with van der Waals surface area (Å²) in [5, 5.41) is 15.2. The minimum absolute atomic E-state index is 0. The van der Waals surface area contributed by atoms with Gasteiger partial charge in [-0.1, -0.05) is 0 Å². The second kappa shape index (κ2) is 27.2. The summed E-state index contributed by atoms with van der Waals surface area (Å²) in [6.07, 6.45) is 1.35. The maximum absolute atomic E-state index is 12.3. The Morgan fingerprint density at radius 2 is 1.19 bits per heavy atom. The van der Waals surface area contributed by atoms with Gasteiger partial charge in [-0.3, -0.25) is 4.55 Å². The van der Waals surface area contributed by atoms with Crippen molar-refractivity contribution in [2.45, 2.75) is 37.8 Å². The molecule has 6 bridgehead atoms. The average molecular weight is 1340 g/mol. The van der Waals surface area contributed by atoms with Crippen molar-refractivity contribution < 1.29 is 179 Å². The Balaban J connectivity index is 0.000000544. The normalized spacial score (nSPS) is 13.8. The van der Waals surface area contributed by atoms with E-state index in [1.165, 1.54) is 12.1 Å². The third-order valence-electron chi connectivity index (χ3n) is 13.6. The first-order chi connectivity index (χ1) is 38.1. The van der Waals surface area contributed by atoms with Crippen molar-refractivity contribution in [1.82, 2.24) is 5.11 Å². The number of unbranched alkanes of at least 4 members (excludes halogenated alkanes) is 1. The van der Waals surface area contributed by atoms with Gasteiger partial charge in [0.15, 0.2) is 0 Å². The van der Waals surface area contributed by atoms with E-state index in [4.69, 9.17) is 72.5 Å². The van der Waals surface area contributed by atoms with Crippen LogP contribution in [0.2, 0.25) is 0 Å². The van der Waals surface area contributed by atoms with Crippen molar-refractivity contribution >= 4 is 159 Å². The number of hydrogen-bond acceptors (Lipinski definition) is 19. The molecule has 1 atom stereocenters. The van der Waals surface area contributed by atoms with E-state index in [0.29, 0.717) is 40.6 Å². The Bertz CT molecular complexity index is 5080. The molecule has 0 aliphatic carbocycles. The second-order valence-corrected chi connectivity index (χ2v) is 25.0. The van der Waals surface area contributed by atoms with Crippen LogP contribution < -0.4 is 139 Å². The van der Waals surface area contributed by atoms with Gasteiger partial charge in [0.1, 0.15) is 0 Å². The molecule has 14 rings (SSSR count). The monoisotopic (exact) mass is 1340 g/mol. The van der Waals surface area contributed by atoms with E-state index in [0.717, 1.165) is 117 Å². The predicted octanol–water partition coefficient (Wildman–Crippen LogP) is -5.88. The van der Waals surface area contributed by atoms with Crippen LogP contribution in [0.25, 0.3) is 64.6 Å². The Morgan fingerprint density at radius 3 is 1.83 bits per heavy atom. The topological polar surface area (TPSA) is 330 Å². The zero-order chi connectivity index (χ0) is 56.5. The van der Waals surface area contributed by atoms with E-state index in [-0.39, 0.29) is 123 Å². The molecule has 0 spiro atoms. The molecule has 0 fully saturated rings. The number of fused-ring (bicyclic) bond motifs is 18. The van der Waals surface area contributed by atoms with E-state index in [9.17, 15) is 13.0 Å². The Labute approximate surface area is 581 Å². The molecular weight excluding hydrogens is 1310 g/mol. The molecule has 0 saturated carbocycles. The summed E-state index contributed by atoms with van der Waals surface area (Å²) < 4.78 is 132. The van der Waals surface area contributed by atoms with Crippen molar-refractivity contribution in [3.8, 4) is 5.75 Å². The van der Waals surface area contributed by atoms with Crippen LogP contribution in [0.15, 0.2) is 145 Å². The van der Waals surface area contributed by atoms with Crippen LogP contribution in [0, 0.1) is 19.1 Å². The van der Waals surface area contributed by atoms with Gasteiger partial charge in [0.2, 0.25) is 10.4 Å². The molecule has 401 valence electrons. The van der Waals surface area contributed by atoms with Gasteiger partial charge in [0.05, 0.1) is 0 Å². The van der Waals surface area contributed by atoms with Gasteiger partial charge in [-0.15, -0.1) is 25.3 Å². The van der Waals surface area contributed by atoms with Crippen LogP contribution in [0.5, 0.6) is 5.75 Å². The molecule has 8 aromatic carbocycles. The van der Waals surface area contributed by atoms with Crippen LogP contribution in [0.4, 0.5) is 11.6 Å². The predicted molar refractivity (Wildman–Crippen MR) is 294 cm³/mol. The first kappa shape index (κ1) is 67.5. The van der Waals surface area contributed by atoms with Gasteiger partial charge in [-0.05, 0) is 0 Å². The number of aliphatic imine (C=N–C) groups is 3. The van der Waals surface area contributed by atoms with Gasteiger partial charge in [-0.2, -0.15) is 0 Å². The molecular formula is C53H34InN8Na4O14S4. The Kier molecular flexibility index (Phi) is 21.8. The van der Waals surface area contributed by atoms with Gasteiger partial charge < -0.3 is 4.55 Å². The first-order valence-corrected chi connectivity index (χ1v) is 31.6. The van der Waals surface area contributed by atoms with Gasteiger partial charge in [0.25, 0.3) is 0 Å². The molecule has 84 heavy (non-hydrogen) atoms. The Morgan fingerprint density at radius 1 is 0.643 bits per heavy atom. The van der Waals surface area contributed by atoms with Gasteiger partial charge in [0, 0.05) is 0 Å². The number of anilines is 1. The minimum Gasteiger partial charge on any atom is -0.726 e. The third kappa shape index (κ3) is 13.5. The van der Waals surface area contributed by atoms with E-state index < -0.39 is 71.4 Å². The van der Waals surface area contributed by atoms with E-state index in [1.54, 1.807) is 6.07 Å². The number of rotatable bonds is 5. The maximum Gasteiger partial charge on any atom is 1.00 e. The average Bonchev–Trinajstić information content (AvgIpc) is 1.61. The number of nitrogens with one attached hydrogen (secondary N) is 1. The molecule has 22 nitrogen and oxygen atoms in total. The molecule has 1 radical (unpaired) electrons. The second-order valence-electron chi connectivity index (χ2n) is 18.3. The van der Waals surface area contributed by atoms with Crippen LogP contribution in [-0.2, 0) is 41.7 Å². The van der Waals surface area contributed by atoms with Crippen LogP contribution in [-0.4, -0.2) is 108 Å². The molecule has 6 heterocycles. The molecule has 4 aliphatic rings. The fourth-order valence-corrected chi connectivity index (χ4v) is 15.0. The Hall–Kier alpha value is -4.02. The summed E-state index contributed by atoms with van der Waals surface area (Å²) in [4.78, 5) is 27.3. The number of aryl methyl sites for hydroxylation is 1. The molecule has 2 N–H and O–H groups in total. The van der Waals surface area contributed by atoms with Crippen LogP contribution in [0.1, 0.15) is 53.7 Å². The van der Waals surface area contributed by atoms with Crippen molar-refractivity contribution in [2.75, 3.05) is 11.9 Å². The zero-order valence-electron chi connectivity index (χ0n) is 45.3. The summed E-state index contributed by atoms with van der Waals surface area (Å²) >= 11 is -2.47. The molecule has 1 unspecified atom stereocenters. The quantitative estimate of drug-likeness (QED) is 0.0533. The summed E-state index contributed by atoms with van der Waals surface area (Å²) in [5.41, 5.74) is 5.82. The summed E-state index contributed by atoms with van der Waals surface area (Å²) in [7, 11) is -15.9. The molecule has 0 saturated heterocycles. The molecule has 4 aliphatic heterocycles. The molecule has 2 aromatic heterocycles. The molecule has 0 amide bonds. The van der Waals surface area contributed by atoms with Gasteiger partial charge >= 0.3 is 536 Å². The largest absolute Gasteiger partial charge is 1.00 e. The van der Waals surface area contributed by atoms with Crippen molar-refractivity contribution in [2.24, 2.45) is 25.0 Å². The number of hydrogen-bond donors (Lipinski definition) is 2. The third-order valence-corrected chi connectivity index (χ3v) is 18.6. The summed E-state index contributed by atoms with van der Waals surface area (Å²) in [6.45, 7) is 4.82. The standard InChI is InChI=1S/C53H34N8O4S.In.4Na.H2O4S.2O3S/c1-3-4-19-65-45-36-16-10-9-15-35(36)27(2)43-44(45)53-60-51-42-26-33-20-34(66(62,63)64)18-17-32(33)25-41(42)49(58-51)56-47-38-22-29-12-6-5-11-28(29)21-37(38)46(54-47)55-48-39-23-30-13-7-8-14-31(30)24-40(39)50(57-48)59-52(43)61-53;;;;;;1-5(2,3)4;2*1-4(2)3/h5,8-18,20-26,48,55H,3-4,19H2,1-2H3,(H-,56,57,58,59,60,61,62,63,64);;;;;;(H2,1,2,3,4);;/q-4;+2;4*+1;;;/p-2. The zero-order valence-corrected chi connectivity index (χ0v) is 59.8.